The molecule has 0 atom stereocenters. The van der Waals surface area contributed by atoms with Gasteiger partial charge in [-0.1, -0.05) is 146 Å². The van der Waals surface area contributed by atoms with Crippen LogP contribution in [0, 0.1) is 0 Å². The molecular formula is C50H33N5. The molecule has 0 aliphatic heterocycles. The van der Waals surface area contributed by atoms with Gasteiger partial charge < -0.3 is 4.57 Å². The van der Waals surface area contributed by atoms with Crippen LogP contribution in [0.25, 0.3) is 95.0 Å². The molecule has 0 aliphatic rings. The summed E-state index contributed by atoms with van der Waals surface area (Å²) in [5, 5.41) is 2.43. The second-order valence-corrected chi connectivity index (χ2v) is 13.6. The average molecular weight is 704 g/mol. The van der Waals surface area contributed by atoms with Crippen molar-refractivity contribution in [3.63, 3.8) is 0 Å². The molecule has 55 heavy (non-hydrogen) atoms. The van der Waals surface area contributed by atoms with Gasteiger partial charge in [0.1, 0.15) is 0 Å². The quantitative estimate of drug-likeness (QED) is 0.166. The van der Waals surface area contributed by atoms with Crippen LogP contribution in [0.3, 0.4) is 0 Å². The molecule has 5 heteroatoms. The van der Waals surface area contributed by atoms with Crippen LogP contribution < -0.4 is 0 Å². The van der Waals surface area contributed by atoms with Crippen LogP contribution in [0.4, 0.5) is 0 Å². The highest BCUT2D eigenvalue weighted by Gasteiger charge is 2.16. The van der Waals surface area contributed by atoms with Crippen molar-refractivity contribution in [3.8, 4) is 73.2 Å². The molecule has 10 rings (SSSR count). The van der Waals surface area contributed by atoms with Crippen LogP contribution in [-0.4, -0.2) is 24.5 Å². The monoisotopic (exact) mass is 703 g/mol. The van der Waals surface area contributed by atoms with Gasteiger partial charge in [0.25, 0.3) is 0 Å². The molecule has 258 valence electrons. The number of hydrogen-bond donors (Lipinski definition) is 0. The van der Waals surface area contributed by atoms with Crippen LogP contribution in [0.15, 0.2) is 200 Å². The molecule has 7 aromatic carbocycles. The zero-order valence-corrected chi connectivity index (χ0v) is 29.8. The van der Waals surface area contributed by atoms with Crippen LogP contribution >= 0.6 is 0 Å². The number of hydrogen-bond acceptors (Lipinski definition) is 4. The maximum atomic E-state index is 5.03. The van der Waals surface area contributed by atoms with Crippen molar-refractivity contribution in [1.82, 2.24) is 24.5 Å². The lowest BCUT2D eigenvalue weighted by Gasteiger charge is -2.10. The zero-order chi connectivity index (χ0) is 36.6. The second-order valence-electron chi connectivity index (χ2n) is 13.6. The van der Waals surface area contributed by atoms with Gasteiger partial charge in [0.05, 0.1) is 11.0 Å². The summed E-state index contributed by atoms with van der Waals surface area (Å²) in [7, 11) is 0. The molecule has 0 radical (unpaired) electrons. The fourth-order valence-electron chi connectivity index (χ4n) is 7.40. The standard InChI is InChI=1S/C50H33N5/c1-4-12-34(13-5-1)40-25-27-44-45-31-39(26-28-46(45)55(47(44)32-40)43-19-8-3-9-20-43)35-21-23-37(24-22-35)49-52-48(36-14-6-2-7-15-36)53-50(54-49)41-17-10-16-38(30-41)42-18-11-29-51-33-42/h1-33H. The van der Waals surface area contributed by atoms with E-state index in [2.05, 4.69) is 149 Å². The minimum Gasteiger partial charge on any atom is -0.309 e. The smallest absolute Gasteiger partial charge is 0.164 e. The Hall–Kier alpha value is -7.50. The SMILES string of the molecule is c1ccc(-c2ccc3c4cc(-c5ccc(-c6nc(-c7ccccc7)nc(-c7cccc(-c8cccnc8)c7)n6)cc5)ccc4n(-c4ccccc4)c3c2)cc1. The molecule has 3 heterocycles. The Morgan fingerprint density at radius 2 is 0.818 bits per heavy atom. The summed E-state index contributed by atoms with van der Waals surface area (Å²) < 4.78 is 2.37. The predicted molar refractivity (Wildman–Crippen MR) is 225 cm³/mol. The summed E-state index contributed by atoms with van der Waals surface area (Å²) in [6.07, 6.45) is 3.66. The van der Waals surface area contributed by atoms with Gasteiger partial charge in [-0.25, -0.2) is 15.0 Å². The van der Waals surface area contributed by atoms with Gasteiger partial charge in [-0.2, -0.15) is 0 Å². The molecule has 0 spiro atoms. The van der Waals surface area contributed by atoms with Crippen molar-refractivity contribution in [3.05, 3.63) is 200 Å². The predicted octanol–water partition coefficient (Wildman–Crippen LogP) is 12.4. The summed E-state index contributed by atoms with van der Waals surface area (Å²) in [5.41, 5.74) is 13.0. The largest absolute Gasteiger partial charge is 0.309 e. The Morgan fingerprint density at radius 1 is 0.309 bits per heavy atom. The minimum absolute atomic E-state index is 0.620. The van der Waals surface area contributed by atoms with E-state index in [0.717, 1.165) is 44.6 Å². The third-order valence-electron chi connectivity index (χ3n) is 10.1. The van der Waals surface area contributed by atoms with E-state index in [-0.39, 0.29) is 0 Å². The Kier molecular flexibility index (Phi) is 8.08. The van der Waals surface area contributed by atoms with Crippen molar-refractivity contribution < 1.29 is 0 Å². The number of nitrogens with zero attached hydrogens (tertiary/aromatic N) is 5. The highest BCUT2D eigenvalue weighted by Crippen LogP contribution is 2.37. The first kappa shape index (κ1) is 32.2. The van der Waals surface area contributed by atoms with E-state index in [1.54, 1.807) is 6.20 Å². The van der Waals surface area contributed by atoms with Crippen molar-refractivity contribution >= 4 is 21.8 Å². The Labute approximate surface area is 318 Å². The molecule has 0 saturated carbocycles. The number of pyridine rings is 1. The van der Waals surface area contributed by atoms with E-state index in [1.807, 2.05) is 54.7 Å². The molecule has 0 aliphatic carbocycles. The number of benzene rings is 7. The summed E-state index contributed by atoms with van der Waals surface area (Å²) >= 11 is 0. The van der Waals surface area contributed by atoms with E-state index >= 15 is 0 Å². The molecule has 0 unspecified atom stereocenters. The molecular weight excluding hydrogens is 671 g/mol. The topological polar surface area (TPSA) is 56.5 Å². The van der Waals surface area contributed by atoms with Gasteiger partial charge in [-0.3, -0.25) is 4.98 Å². The normalized spacial score (nSPS) is 11.3. The van der Waals surface area contributed by atoms with Gasteiger partial charge in [0, 0.05) is 51.1 Å². The molecule has 0 bridgehead atoms. The molecule has 0 saturated heterocycles. The first-order valence-corrected chi connectivity index (χ1v) is 18.4. The lowest BCUT2D eigenvalue weighted by molar-refractivity contribution is 1.07. The Morgan fingerprint density at radius 3 is 1.53 bits per heavy atom. The lowest BCUT2D eigenvalue weighted by Crippen LogP contribution is -2.00. The third-order valence-corrected chi connectivity index (χ3v) is 10.1. The van der Waals surface area contributed by atoms with Crippen LogP contribution in [0.1, 0.15) is 0 Å². The summed E-state index contributed by atoms with van der Waals surface area (Å²) in [6.45, 7) is 0. The number of fused-ring (bicyclic) bond motifs is 3. The molecule has 5 nitrogen and oxygen atoms in total. The Balaban J connectivity index is 1.05. The van der Waals surface area contributed by atoms with E-state index in [4.69, 9.17) is 15.0 Å². The highest BCUT2D eigenvalue weighted by molar-refractivity contribution is 6.11. The summed E-state index contributed by atoms with van der Waals surface area (Å²) in [6, 6.07) is 65.7. The fourth-order valence-corrected chi connectivity index (χ4v) is 7.40. The van der Waals surface area contributed by atoms with Gasteiger partial charge in [-0.05, 0) is 70.3 Å². The third kappa shape index (κ3) is 6.14. The molecule has 0 fully saturated rings. The van der Waals surface area contributed by atoms with E-state index in [9.17, 15) is 0 Å². The highest BCUT2D eigenvalue weighted by atomic mass is 15.0. The average Bonchev–Trinajstić information content (AvgIpc) is 3.60. The maximum Gasteiger partial charge on any atom is 0.164 e. The van der Waals surface area contributed by atoms with Crippen LogP contribution in [-0.2, 0) is 0 Å². The first-order chi connectivity index (χ1) is 27.2. The second kappa shape index (κ2) is 13.8. The minimum atomic E-state index is 0.620. The molecule has 10 aromatic rings. The first-order valence-electron chi connectivity index (χ1n) is 18.4. The van der Waals surface area contributed by atoms with Crippen molar-refractivity contribution in [2.75, 3.05) is 0 Å². The Bertz CT molecular complexity index is 2940. The van der Waals surface area contributed by atoms with Crippen molar-refractivity contribution in [2.24, 2.45) is 0 Å². The molecule has 0 N–H and O–H groups in total. The number of rotatable bonds is 7. The van der Waals surface area contributed by atoms with Gasteiger partial charge in [0.15, 0.2) is 17.5 Å². The van der Waals surface area contributed by atoms with Gasteiger partial charge >= 0.3 is 0 Å². The number of para-hydroxylation sites is 1. The van der Waals surface area contributed by atoms with Crippen molar-refractivity contribution in [1.29, 1.82) is 0 Å². The number of aromatic nitrogens is 5. The van der Waals surface area contributed by atoms with E-state index in [0.29, 0.717) is 17.5 Å². The van der Waals surface area contributed by atoms with Crippen LogP contribution in [0.2, 0.25) is 0 Å². The maximum absolute atomic E-state index is 5.03. The zero-order valence-electron chi connectivity index (χ0n) is 29.8. The van der Waals surface area contributed by atoms with Gasteiger partial charge in [0.2, 0.25) is 0 Å². The fraction of sp³-hybridized carbons (Fsp3) is 0. The molecule has 0 amide bonds. The van der Waals surface area contributed by atoms with E-state index < -0.39 is 0 Å². The van der Waals surface area contributed by atoms with Crippen LogP contribution in [0.5, 0.6) is 0 Å². The van der Waals surface area contributed by atoms with Gasteiger partial charge in [-0.15, -0.1) is 0 Å². The lowest BCUT2D eigenvalue weighted by atomic mass is 10.00. The summed E-state index contributed by atoms with van der Waals surface area (Å²) in [5.74, 6) is 1.87. The van der Waals surface area contributed by atoms with E-state index in [1.165, 1.54) is 32.9 Å². The summed E-state index contributed by atoms with van der Waals surface area (Å²) in [4.78, 5) is 19.3. The van der Waals surface area contributed by atoms with Crippen molar-refractivity contribution in [2.45, 2.75) is 0 Å². The molecule has 3 aromatic heterocycles.